The molecule has 2 rings (SSSR count). The molecule has 1 heterocycles. The fourth-order valence-corrected chi connectivity index (χ4v) is 2.27. The maximum Gasteiger partial charge on any atom is 0.313 e. The van der Waals surface area contributed by atoms with Gasteiger partial charge in [0.15, 0.2) is 0 Å². The summed E-state index contributed by atoms with van der Waals surface area (Å²) in [4.78, 5) is 11.9. The van der Waals surface area contributed by atoms with Crippen LogP contribution in [0, 0.1) is 11.3 Å². The highest BCUT2D eigenvalue weighted by atomic mass is 16.5. The molecule has 1 N–H and O–H groups in total. The van der Waals surface area contributed by atoms with Crippen molar-refractivity contribution >= 4 is 5.97 Å². The third kappa shape index (κ3) is 1.54. The number of esters is 1. The van der Waals surface area contributed by atoms with Crippen molar-refractivity contribution in [1.82, 2.24) is 5.32 Å². The van der Waals surface area contributed by atoms with E-state index in [1.165, 1.54) is 0 Å². The molecule has 3 unspecified atom stereocenters. The highest BCUT2D eigenvalue weighted by Gasteiger charge is 2.61. The van der Waals surface area contributed by atoms with Gasteiger partial charge >= 0.3 is 5.97 Å². The molecule has 3 heteroatoms. The molecule has 0 radical (unpaired) electrons. The Hall–Kier alpha value is -0.570. The van der Waals surface area contributed by atoms with Gasteiger partial charge in [-0.25, -0.2) is 0 Å². The first kappa shape index (κ1) is 9.97. The van der Waals surface area contributed by atoms with Gasteiger partial charge in [0, 0.05) is 6.54 Å². The van der Waals surface area contributed by atoms with Gasteiger partial charge in [0.1, 0.15) is 0 Å². The van der Waals surface area contributed by atoms with Crippen molar-refractivity contribution in [3.8, 4) is 0 Å². The van der Waals surface area contributed by atoms with Crippen LogP contribution in [0.15, 0.2) is 0 Å². The molecule has 0 aromatic heterocycles. The average molecular weight is 197 g/mol. The van der Waals surface area contributed by atoms with E-state index in [-0.39, 0.29) is 17.5 Å². The van der Waals surface area contributed by atoms with Crippen LogP contribution in [-0.2, 0) is 9.53 Å². The van der Waals surface area contributed by atoms with E-state index in [1.54, 1.807) is 0 Å². The van der Waals surface area contributed by atoms with Crippen molar-refractivity contribution in [3.63, 3.8) is 0 Å². The quantitative estimate of drug-likeness (QED) is 0.694. The number of ether oxygens (including phenoxy) is 1. The third-order valence-electron chi connectivity index (χ3n) is 3.63. The first-order chi connectivity index (χ1) is 6.69. The third-order valence-corrected chi connectivity index (χ3v) is 3.63. The van der Waals surface area contributed by atoms with Crippen LogP contribution in [0.3, 0.4) is 0 Å². The Morgan fingerprint density at radius 2 is 2.50 bits per heavy atom. The zero-order chi connectivity index (χ0) is 10.2. The molecule has 14 heavy (non-hydrogen) atoms. The number of hydrogen-bond acceptors (Lipinski definition) is 3. The van der Waals surface area contributed by atoms with Crippen LogP contribution in [0.2, 0.25) is 0 Å². The Balaban J connectivity index is 1.92. The summed E-state index contributed by atoms with van der Waals surface area (Å²) in [5, 5.41) is 3.29. The second kappa shape index (κ2) is 3.54. The van der Waals surface area contributed by atoms with Crippen molar-refractivity contribution in [2.75, 3.05) is 13.1 Å². The number of piperidine rings is 1. The van der Waals surface area contributed by atoms with Crippen molar-refractivity contribution in [3.05, 3.63) is 0 Å². The number of carbonyl (C=O) groups is 1. The molecule has 1 aliphatic carbocycles. The monoisotopic (exact) mass is 197 g/mol. The summed E-state index contributed by atoms with van der Waals surface area (Å²) < 4.78 is 5.40. The molecule has 2 aliphatic rings. The number of nitrogens with one attached hydrogen (secondary N) is 1. The predicted molar refractivity (Wildman–Crippen MR) is 53.9 cm³/mol. The molecular weight excluding hydrogens is 178 g/mol. The molecule has 3 atom stereocenters. The minimum absolute atomic E-state index is 0.0315. The minimum atomic E-state index is -0.137. The largest absolute Gasteiger partial charge is 0.462 e. The Labute approximate surface area is 85.2 Å². The van der Waals surface area contributed by atoms with Gasteiger partial charge in [0.25, 0.3) is 0 Å². The molecule has 0 aromatic rings. The molecule has 0 amide bonds. The summed E-state index contributed by atoms with van der Waals surface area (Å²) in [6.07, 6.45) is 3.14. The summed E-state index contributed by atoms with van der Waals surface area (Å²) >= 11 is 0. The van der Waals surface area contributed by atoms with Gasteiger partial charge in [-0.15, -0.1) is 0 Å². The van der Waals surface area contributed by atoms with Crippen LogP contribution in [0.5, 0.6) is 0 Å². The SMILES string of the molecule is CCC(C)OC(=O)C12CNCCC1C2. The summed E-state index contributed by atoms with van der Waals surface area (Å²) in [7, 11) is 0. The number of carbonyl (C=O) groups excluding carboxylic acids is 1. The van der Waals surface area contributed by atoms with E-state index in [9.17, 15) is 4.79 Å². The van der Waals surface area contributed by atoms with Crippen LogP contribution < -0.4 is 5.32 Å². The van der Waals surface area contributed by atoms with E-state index in [2.05, 4.69) is 5.32 Å². The topological polar surface area (TPSA) is 38.3 Å². The van der Waals surface area contributed by atoms with Crippen LogP contribution in [0.25, 0.3) is 0 Å². The van der Waals surface area contributed by atoms with Gasteiger partial charge in [-0.1, -0.05) is 6.92 Å². The highest BCUT2D eigenvalue weighted by Crippen LogP contribution is 2.56. The summed E-state index contributed by atoms with van der Waals surface area (Å²) in [5.74, 6) is 0.629. The van der Waals surface area contributed by atoms with Crippen molar-refractivity contribution in [2.24, 2.45) is 11.3 Å². The van der Waals surface area contributed by atoms with Crippen molar-refractivity contribution in [2.45, 2.75) is 39.2 Å². The number of hydrogen-bond donors (Lipinski definition) is 1. The van der Waals surface area contributed by atoms with E-state index < -0.39 is 0 Å². The van der Waals surface area contributed by atoms with Crippen LogP contribution in [-0.4, -0.2) is 25.2 Å². The van der Waals surface area contributed by atoms with Gasteiger partial charge in [-0.2, -0.15) is 0 Å². The lowest BCUT2D eigenvalue weighted by atomic mass is 9.99. The molecule has 0 bridgehead atoms. The minimum Gasteiger partial charge on any atom is -0.462 e. The zero-order valence-electron chi connectivity index (χ0n) is 9.01. The summed E-state index contributed by atoms with van der Waals surface area (Å²) in [6, 6.07) is 0. The van der Waals surface area contributed by atoms with Gasteiger partial charge < -0.3 is 10.1 Å². The lowest BCUT2D eigenvalue weighted by molar-refractivity contribution is -0.156. The molecule has 0 aromatic carbocycles. The second-order valence-corrected chi connectivity index (χ2v) is 4.65. The van der Waals surface area contributed by atoms with Crippen LogP contribution in [0.4, 0.5) is 0 Å². The van der Waals surface area contributed by atoms with Gasteiger partial charge in [0.05, 0.1) is 11.5 Å². The van der Waals surface area contributed by atoms with Crippen molar-refractivity contribution < 1.29 is 9.53 Å². The Morgan fingerprint density at radius 1 is 1.71 bits per heavy atom. The van der Waals surface area contributed by atoms with Crippen LogP contribution >= 0.6 is 0 Å². The van der Waals surface area contributed by atoms with Gasteiger partial charge in [-0.05, 0) is 38.6 Å². The fraction of sp³-hybridized carbons (Fsp3) is 0.909. The molecule has 1 saturated heterocycles. The molecule has 1 saturated carbocycles. The first-order valence-electron chi connectivity index (χ1n) is 5.61. The maximum absolute atomic E-state index is 11.9. The van der Waals surface area contributed by atoms with E-state index in [1.807, 2.05) is 13.8 Å². The smallest absolute Gasteiger partial charge is 0.313 e. The van der Waals surface area contributed by atoms with Crippen molar-refractivity contribution in [1.29, 1.82) is 0 Å². The Bertz CT molecular complexity index is 241. The molecular formula is C11H19NO2. The predicted octanol–water partition coefficient (Wildman–Crippen LogP) is 1.33. The molecule has 80 valence electrons. The normalized spacial score (nSPS) is 37.1. The fourth-order valence-electron chi connectivity index (χ4n) is 2.27. The Morgan fingerprint density at radius 3 is 3.14 bits per heavy atom. The average Bonchev–Trinajstić information content (AvgIpc) is 2.93. The lowest BCUT2D eigenvalue weighted by Crippen LogP contribution is -2.38. The van der Waals surface area contributed by atoms with Crippen LogP contribution in [0.1, 0.15) is 33.1 Å². The van der Waals surface area contributed by atoms with E-state index in [0.29, 0.717) is 5.92 Å². The highest BCUT2D eigenvalue weighted by molar-refractivity contribution is 5.81. The lowest BCUT2D eigenvalue weighted by Gasteiger charge is -2.23. The zero-order valence-corrected chi connectivity index (χ0v) is 9.01. The van der Waals surface area contributed by atoms with E-state index in [4.69, 9.17) is 4.74 Å². The molecule has 2 fully saturated rings. The molecule has 0 spiro atoms. The van der Waals surface area contributed by atoms with E-state index in [0.717, 1.165) is 32.4 Å². The Kier molecular flexibility index (Phi) is 2.52. The summed E-state index contributed by atoms with van der Waals surface area (Å²) in [6.45, 7) is 5.89. The summed E-state index contributed by atoms with van der Waals surface area (Å²) in [5.41, 5.74) is -0.137. The maximum atomic E-state index is 11.9. The molecule has 3 nitrogen and oxygen atoms in total. The number of fused-ring (bicyclic) bond motifs is 1. The standard InChI is InChI=1S/C11H19NO2/c1-3-8(2)14-10(13)11-6-9(11)4-5-12-7-11/h8-9,12H,3-7H2,1-2H3. The van der Waals surface area contributed by atoms with E-state index >= 15 is 0 Å². The van der Waals surface area contributed by atoms with Gasteiger partial charge in [-0.3, -0.25) is 4.79 Å². The second-order valence-electron chi connectivity index (χ2n) is 4.65. The first-order valence-corrected chi connectivity index (χ1v) is 5.61. The van der Waals surface area contributed by atoms with Gasteiger partial charge in [0.2, 0.25) is 0 Å². The number of rotatable bonds is 3. The molecule has 1 aliphatic heterocycles.